The van der Waals surface area contributed by atoms with E-state index in [0.717, 1.165) is 32.1 Å². The van der Waals surface area contributed by atoms with E-state index in [1.54, 1.807) is 21.3 Å². The van der Waals surface area contributed by atoms with E-state index in [0.29, 0.717) is 5.41 Å². The lowest BCUT2D eigenvalue weighted by Crippen LogP contribution is -2.47. The van der Waals surface area contributed by atoms with Crippen LogP contribution >= 0.6 is 0 Å². The molecule has 1 aliphatic heterocycles. The molecule has 0 saturated carbocycles. The number of hydrogen-bond acceptors (Lipinski definition) is 4. The van der Waals surface area contributed by atoms with Crippen molar-refractivity contribution in [3.05, 3.63) is 0 Å². The fourth-order valence-electron chi connectivity index (χ4n) is 1.89. The van der Waals surface area contributed by atoms with Crippen molar-refractivity contribution in [2.24, 2.45) is 5.41 Å². The Bertz CT molecular complexity index is 176. The number of rotatable bonds is 7. The van der Waals surface area contributed by atoms with Gasteiger partial charge in [0.25, 0.3) is 0 Å². The van der Waals surface area contributed by atoms with Gasteiger partial charge in [-0.05, 0) is 12.8 Å². The van der Waals surface area contributed by atoms with Crippen molar-refractivity contribution >= 4 is 8.80 Å². The molecule has 0 aliphatic carbocycles. The van der Waals surface area contributed by atoms with E-state index in [1.807, 2.05) is 0 Å². The summed E-state index contributed by atoms with van der Waals surface area (Å²) in [4.78, 5) is 0. The minimum Gasteiger partial charge on any atom is -0.380 e. The van der Waals surface area contributed by atoms with Gasteiger partial charge < -0.3 is 18.0 Å². The van der Waals surface area contributed by atoms with Crippen LogP contribution in [0.1, 0.15) is 19.8 Å². The first-order valence-electron chi connectivity index (χ1n) is 5.39. The molecular weight excluding hydrogens is 212 g/mol. The maximum Gasteiger partial charge on any atom is 0.500 e. The molecule has 15 heavy (non-hydrogen) atoms. The third-order valence-corrected chi connectivity index (χ3v) is 6.19. The van der Waals surface area contributed by atoms with Crippen molar-refractivity contribution in [3.63, 3.8) is 0 Å². The van der Waals surface area contributed by atoms with Gasteiger partial charge in [0.15, 0.2) is 0 Å². The van der Waals surface area contributed by atoms with E-state index in [4.69, 9.17) is 18.0 Å². The summed E-state index contributed by atoms with van der Waals surface area (Å²) in [7, 11) is 2.60. The zero-order chi connectivity index (χ0) is 11.4. The Morgan fingerprint density at radius 1 is 1.13 bits per heavy atom. The van der Waals surface area contributed by atoms with E-state index >= 15 is 0 Å². The highest BCUT2D eigenvalue weighted by Gasteiger charge is 2.44. The zero-order valence-corrected chi connectivity index (χ0v) is 11.2. The first kappa shape index (κ1) is 13.1. The van der Waals surface area contributed by atoms with Crippen LogP contribution in [0.4, 0.5) is 0 Å². The fraction of sp³-hybridized carbons (Fsp3) is 1.00. The van der Waals surface area contributed by atoms with Gasteiger partial charge in [0, 0.05) is 32.8 Å². The lowest BCUT2D eigenvalue weighted by molar-refractivity contribution is -0.118. The van der Waals surface area contributed by atoms with Gasteiger partial charge in [0.1, 0.15) is 0 Å². The van der Waals surface area contributed by atoms with Crippen molar-refractivity contribution in [2.75, 3.05) is 34.5 Å². The van der Waals surface area contributed by atoms with Gasteiger partial charge in [-0.25, -0.2) is 0 Å². The van der Waals surface area contributed by atoms with Gasteiger partial charge >= 0.3 is 8.80 Å². The molecule has 5 heteroatoms. The molecule has 1 rings (SSSR count). The molecule has 1 aliphatic rings. The summed E-state index contributed by atoms with van der Waals surface area (Å²) in [5, 5.41) is 0. The minimum absolute atomic E-state index is 0.341. The maximum atomic E-state index is 5.40. The van der Waals surface area contributed by atoms with Crippen molar-refractivity contribution in [3.8, 4) is 0 Å². The van der Waals surface area contributed by atoms with Crippen LogP contribution in [0.3, 0.4) is 0 Å². The van der Waals surface area contributed by atoms with E-state index in [1.165, 1.54) is 0 Å². The summed E-state index contributed by atoms with van der Waals surface area (Å²) in [6.07, 6.45) is 2.21. The summed E-state index contributed by atoms with van der Waals surface area (Å²) in [5.74, 6) is 0. The van der Waals surface area contributed by atoms with Crippen molar-refractivity contribution in [1.82, 2.24) is 0 Å². The molecule has 0 aromatic carbocycles. The average Bonchev–Trinajstić information content (AvgIpc) is 2.24. The average molecular weight is 234 g/mol. The summed E-state index contributed by atoms with van der Waals surface area (Å²) < 4.78 is 21.5. The normalized spacial score (nSPS) is 20.0. The Hall–Kier alpha value is 0.0569. The summed E-state index contributed by atoms with van der Waals surface area (Å²) in [6, 6.07) is 0.869. The number of ether oxygens (including phenoxy) is 1. The van der Waals surface area contributed by atoms with Crippen LogP contribution in [0.5, 0.6) is 0 Å². The maximum absolute atomic E-state index is 5.40. The van der Waals surface area contributed by atoms with Crippen LogP contribution in [-0.4, -0.2) is 43.3 Å². The van der Waals surface area contributed by atoms with Gasteiger partial charge in [-0.3, -0.25) is 0 Å². The lowest BCUT2D eigenvalue weighted by atomic mass is 9.81. The number of hydrogen-bond donors (Lipinski definition) is 0. The quantitative estimate of drug-likeness (QED) is 0.628. The predicted molar refractivity (Wildman–Crippen MR) is 59.7 cm³/mol. The molecule has 0 spiro atoms. The molecule has 0 amide bonds. The molecule has 0 radical (unpaired) electrons. The molecule has 0 unspecified atom stereocenters. The summed E-state index contributed by atoms with van der Waals surface area (Å²) in [6.45, 7) is 3.94. The van der Waals surface area contributed by atoms with Gasteiger partial charge in [-0.15, -0.1) is 0 Å². The molecule has 90 valence electrons. The molecule has 4 nitrogen and oxygen atoms in total. The second-order valence-corrected chi connectivity index (χ2v) is 7.23. The van der Waals surface area contributed by atoms with Crippen molar-refractivity contribution in [2.45, 2.75) is 25.8 Å². The van der Waals surface area contributed by atoms with Crippen LogP contribution in [-0.2, 0) is 18.0 Å². The second kappa shape index (κ2) is 5.40. The monoisotopic (exact) mass is 234 g/mol. The highest BCUT2D eigenvalue weighted by atomic mass is 28.4. The highest BCUT2D eigenvalue weighted by molar-refractivity contribution is 6.60. The van der Waals surface area contributed by atoms with E-state index in [9.17, 15) is 0 Å². The first-order valence-corrected chi connectivity index (χ1v) is 7.32. The Morgan fingerprint density at radius 3 is 1.93 bits per heavy atom. The van der Waals surface area contributed by atoms with Crippen LogP contribution < -0.4 is 0 Å². The third kappa shape index (κ3) is 2.79. The Kier molecular flexibility index (Phi) is 4.73. The smallest absolute Gasteiger partial charge is 0.380 e. The zero-order valence-electron chi connectivity index (χ0n) is 10.2. The van der Waals surface area contributed by atoms with Crippen molar-refractivity contribution < 1.29 is 18.0 Å². The standard InChI is InChI=1S/C10H22O4Si/c1-5-10(8-14-9-10)6-7-15(11-2,12-3)13-4/h5-9H2,1-4H3. The van der Waals surface area contributed by atoms with E-state index in [2.05, 4.69) is 6.92 Å². The van der Waals surface area contributed by atoms with Gasteiger partial charge in [0.2, 0.25) is 0 Å². The molecule has 1 heterocycles. The van der Waals surface area contributed by atoms with Crippen molar-refractivity contribution in [1.29, 1.82) is 0 Å². The topological polar surface area (TPSA) is 36.9 Å². The molecule has 0 aromatic heterocycles. The molecule has 0 aromatic rings. The van der Waals surface area contributed by atoms with Crippen LogP contribution in [0.2, 0.25) is 6.04 Å². The molecule has 0 bridgehead atoms. The Balaban J connectivity index is 2.45. The molecule has 0 atom stereocenters. The summed E-state index contributed by atoms with van der Waals surface area (Å²) >= 11 is 0. The Labute approximate surface area is 93.2 Å². The first-order chi connectivity index (χ1) is 7.16. The SMILES string of the molecule is CCC1(CC[Si](OC)(OC)OC)COC1. The van der Waals surface area contributed by atoms with Gasteiger partial charge in [-0.2, -0.15) is 0 Å². The van der Waals surface area contributed by atoms with Gasteiger partial charge in [-0.1, -0.05) is 6.92 Å². The third-order valence-electron chi connectivity index (χ3n) is 3.46. The fourth-order valence-corrected chi connectivity index (χ4v) is 3.84. The highest BCUT2D eigenvalue weighted by Crippen LogP contribution is 2.38. The largest absolute Gasteiger partial charge is 0.500 e. The van der Waals surface area contributed by atoms with E-state index in [-0.39, 0.29) is 0 Å². The van der Waals surface area contributed by atoms with Crippen LogP contribution in [0.15, 0.2) is 0 Å². The lowest BCUT2D eigenvalue weighted by Gasteiger charge is -2.42. The van der Waals surface area contributed by atoms with E-state index < -0.39 is 8.80 Å². The molecule has 1 fully saturated rings. The predicted octanol–water partition coefficient (Wildman–Crippen LogP) is 1.68. The summed E-state index contributed by atoms with van der Waals surface area (Å²) in [5.41, 5.74) is 0.341. The Morgan fingerprint density at radius 2 is 1.67 bits per heavy atom. The van der Waals surface area contributed by atoms with Crippen LogP contribution in [0.25, 0.3) is 0 Å². The van der Waals surface area contributed by atoms with Gasteiger partial charge in [0.05, 0.1) is 13.2 Å². The molecule has 1 saturated heterocycles. The minimum atomic E-state index is -2.38. The molecule has 0 N–H and O–H groups in total. The second-order valence-electron chi connectivity index (χ2n) is 4.14. The molecular formula is C10H22O4Si. The van der Waals surface area contributed by atoms with Crippen LogP contribution in [0, 0.1) is 5.41 Å².